The van der Waals surface area contributed by atoms with Gasteiger partial charge in [0.1, 0.15) is 16.9 Å². The molecule has 0 aliphatic heterocycles. The first-order valence-electron chi connectivity index (χ1n) is 12.4. The van der Waals surface area contributed by atoms with Crippen molar-refractivity contribution in [3.05, 3.63) is 46.7 Å². The third-order valence-corrected chi connectivity index (χ3v) is 10.8. The summed E-state index contributed by atoms with van der Waals surface area (Å²) >= 11 is 1.74. The molecule has 2 aromatic rings. The van der Waals surface area contributed by atoms with E-state index in [0.717, 1.165) is 42.7 Å². The molecular weight excluding hydrogens is 433 g/mol. The third kappa shape index (κ3) is 3.18. The van der Waals surface area contributed by atoms with Crippen LogP contribution >= 0.6 is 11.3 Å². The van der Waals surface area contributed by atoms with Crippen LogP contribution in [0.2, 0.25) is 0 Å². The molecule has 2 saturated carbocycles. The molecule has 0 unspecified atom stereocenters. The second kappa shape index (κ2) is 7.49. The minimum absolute atomic E-state index is 0.0763. The first-order valence-corrected chi connectivity index (χ1v) is 13.2. The first-order chi connectivity index (χ1) is 15.8. The number of aromatic nitrogens is 1. The molecule has 1 aromatic heterocycles. The number of allylic oxidation sites excluding steroid dienone is 2. The van der Waals surface area contributed by atoms with E-state index < -0.39 is 0 Å². The largest absolute Gasteiger partial charge is 0.462 e. The predicted octanol–water partition coefficient (Wildman–Crippen LogP) is 7.06. The number of thiazole rings is 1. The second-order valence-corrected chi connectivity index (χ2v) is 12.2. The number of ether oxygens (including phenoxy) is 1. The average Bonchev–Trinajstić information content (AvgIpc) is 3.34. The average molecular weight is 466 g/mol. The molecule has 6 rings (SSSR count). The monoisotopic (exact) mass is 465 g/mol. The molecule has 0 saturated heterocycles. The Morgan fingerprint density at radius 1 is 1.18 bits per heavy atom. The zero-order chi connectivity index (χ0) is 23.0. The maximum absolute atomic E-state index is 13.8. The number of halogens is 1. The standard InChI is InChI=1S/C28H32FNO2S/c1-16(31)32-24-10-9-20-19-7-8-22-25-23(30-26(33-25)17-5-4-6-18(29)15-17)12-14-27(22,2)21(19)11-13-28(20,24)3/h4-6,8,15,19-21,24H,7,9-14H2,1-3H3/t19-,20-,21-,24-,27+,28-/m0/s1. The lowest BCUT2D eigenvalue weighted by molar-refractivity contribution is -0.156. The molecule has 0 bridgehead atoms. The van der Waals surface area contributed by atoms with Gasteiger partial charge in [-0.15, -0.1) is 11.3 Å². The van der Waals surface area contributed by atoms with Gasteiger partial charge in [0, 0.05) is 17.9 Å². The van der Waals surface area contributed by atoms with Gasteiger partial charge >= 0.3 is 5.97 Å². The van der Waals surface area contributed by atoms with Gasteiger partial charge < -0.3 is 4.74 Å². The normalized spacial score (nSPS) is 36.8. The van der Waals surface area contributed by atoms with Crippen LogP contribution in [0.4, 0.5) is 4.39 Å². The summed E-state index contributed by atoms with van der Waals surface area (Å²) < 4.78 is 19.6. The zero-order valence-corrected chi connectivity index (χ0v) is 20.5. The fraction of sp³-hybridized carbons (Fsp3) is 0.571. The van der Waals surface area contributed by atoms with Crippen molar-refractivity contribution in [3.63, 3.8) is 0 Å². The number of carbonyl (C=O) groups excluding carboxylic acids is 1. The zero-order valence-electron chi connectivity index (χ0n) is 19.7. The van der Waals surface area contributed by atoms with E-state index in [1.807, 2.05) is 6.07 Å². The van der Waals surface area contributed by atoms with Crippen molar-refractivity contribution in [1.29, 1.82) is 0 Å². The molecule has 33 heavy (non-hydrogen) atoms. The first kappa shape index (κ1) is 21.5. The Bertz CT molecular complexity index is 1150. The highest BCUT2D eigenvalue weighted by Gasteiger charge is 2.59. The van der Waals surface area contributed by atoms with Gasteiger partial charge in [0.2, 0.25) is 0 Å². The SMILES string of the molecule is CC(=O)O[C@H]1CC[C@H]2[C@@H]3CC=C4c5sc(-c6cccc(F)c6)nc5CC[C@]4(C)[C@H]3CC[C@]12C. The molecule has 0 amide bonds. The maximum Gasteiger partial charge on any atom is 0.302 e. The van der Waals surface area contributed by atoms with Crippen LogP contribution in [0.15, 0.2) is 30.3 Å². The Morgan fingerprint density at radius 2 is 2.03 bits per heavy atom. The minimum atomic E-state index is -0.209. The lowest BCUT2D eigenvalue weighted by atomic mass is 9.48. The van der Waals surface area contributed by atoms with Gasteiger partial charge in [-0.1, -0.05) is 32.1 Å². The van der Waals surface area contributed by atoms with Crippen LogP contribution in [0.1, 0.15) is 69.9 Å². The van der Waals surface area contributed by atoms with Crippen LogP contribution in [0.3, 0.4) is 0 Å². The highest BCUT2D eigenvalue weighted by molar-refractivity contribution is 7.16. The van der Waals surface area contributed by atoms with Gasteiger partial charge in [0.05, 0.1) is 10.6 Å². The van der Waals surface area contributed by atoms with E-state index >= 15 is 0 Å². The molecule has 1 heterocycles. The predicted molar refractivity (Wildman–Crippen MR) is 129 cm³/mol. The van der Waals surface area contributed by atoms with Gasteiger partial charge in [0.15, 0.2) is 0 Å². The fourth-order valence-corrected chi connectivity index (χ4v) is 9.25. The molecule has 4 aliphatic rings. The van der Waals surface area contributed by atoms with Crippen molar-refractivity contribution in [2.24, 2.45) is 28.6 Å². The Labute approximate surface area is 199 Å². The lowest BCUT2D eigenvalue weighted by Gasteiger charge is -2.56. The van der Waals surface area contributed by atoms with Crippen LogP contribution in [0, 0.1) is 34.4 Å². The summed E-state index contributed by atoms with van der Waals surface area (Å²) in [5.74, 6) is 1.61. The number of rotatable bonds is 2. The molecule has 2 fully saturated rings. The smallest absolute Gasteiger partial charge is 0.302 e. The van der Waals surface area contributed by atoms with Crippen LogP contribution in [0.5, 0.6) is 0 Å². The lowest BCUT2D eigenvalue weighted by Crippen LogP contribution is -2.50. The summed E-state index contributed by atoms with van der Waals surface area (Å²) in [5.41, 5.74) is 3.84. The van der Waals surface area contributed by atoms with E-state index in [1.54, 1.807) is 30.4 Å². The van der Waals surface area contributed by atoms with Crippen molar-refractivity contribution in [3.8, 4) is 10.6 Å². The van der Waals surface area contributed by atoms with Crippen molar-refractivity contribution in [2.75, 3.05) is 0 Å². The highest BCUT2D eigenvalue weighted by Crippen LogP contribution is 2.66. The Balaban J connectivity index is 1.34. The topological polar surface area (TPSA) is 39.2 Å². The molecule has 6 atom stereocenters. The second-order valence-electron chi connectivity index (χ2n) is 11.2. The van der Waals surface area contributed by atoms with Gasteiger partial charge in [-0.25, -0.2) is 9.37 Å². The van der Waals surface area contributed by atoms with E-state index in [0.29, 0.717) is 17.8 Å². The maximum atomic E-state index is 13.8. The highest BCUT2D eigenvalue weighted by atomic mass is 32.1. The number of benzene rings is 1. The molecule has 0 radical (unpaired) electrons. The Kier molecular flexibility index (Phi) is 4.89. The Hall–Kier alpha value is -2.01. The number of fused-ring (bicyclic) bond motifs is 7. The molecule has 174 valence electrons. The minimum Gasteiger partial charge on any atom is -0.462 e. The van der Waals surface area contributed by atoms with Gasteiger partial charge in [-0.05, 0) is 85.8 Å². The van der Waals surface area contributed by atoms with Crippen LogP contribution in [0.25, 0.3) is 16.1 Å². The molecular formula is C28H32FNO2S. The van der Waals surface area contributed by atoms with Gasteiger partial charge in [0.25, 0.3) is 0 Å². The number of hydrogen-bond donors (Lipinski definition) is 0. The number of esters is 1. The summed E-state index contributed by atoms with van der Waals surface area (Å²) in [7, 11) is 0. The molecule has 0 spiro atoms. The van der Waals surface area contributed by atoms with Crippen LogP contribution in [-0.4, -0.2) is 17.1 Å². The molecule has 1 aromatic carbocycles. The number of hydrogen-bond acceptors (Lipinski definition) is 4. The quantitative estimate of drug-likeness (QED) is 0.446. The van der Waals surface area contributed by atoms with E-state index in [2.05, 4.69) is 19.9 Å². The van der Waals surface area contributed by atoms with Crippen molar-refractivity contribution in [2.45, 2.75) is 71.8 Å². The molecule has 0 N–H and O–H groups in total. The fourth-order valence-electron chi connectivity index (χ4n) is 7.97. The van der Waals surface area contributed by atoms with E-state index in [1.165, 1.54) is 35.1 Å². The summed E-state index contributed by atoms with van der Waals surface area (Å²) in [4.78, 5) is 18.0. The summed E-state index contributed by atoms with van der Waals surface area (Å²) in [6.45, 7) is 6.41. The summed E-state index contributed by atoms with van der Waals surface area (Å²) in [5, 5.41) is 0.933. The summed E-state index contributed by atoms with van der Waals surface area (Å²) in [6, 6.07) is 6.81. The molecule has 3 nitrogen and oxygen atoms in total. The van der Waals surface area contributed by atoms with Crippen LogP contribution in [-0.2, 0) is 16.0 Å². The van der Waals surface area contributed by atoms with Gasteiger partial charge in [-0.2, -0.15) is 0 Å². The third-order valence-electron chi connectivity index (χ3n) is 9.58. The number of carbonyl (C=O) groups is 1. The summed E-state index contributed by atoms with van der Waals surface area (Å²) in [6.07, 6.45) is 10.3. The number of nitrogens with zero attached hydrogens (tertiary/aromatic N) is 1. The van der Waals surface area contributed by atoms with Crippen molar-refractivity contribution < 1.29 is 13.9 Å². The van der Waals surface area contributed by atoms with Crippen LogP contribution < -0.4 is 0 Å². The van der Waals surface area contributed by atoms with E-state index in [9.17, 15) is 9.18 Å². The molecule has 4 aliphatic carbocycles. The number of aryl methyl sites for hydroxylation is 1. The van der Waals surface area contributed by atoms with E-state index in [4.69, 9.17) is 9.72 Å². The van der Waals surface area contributed by atoms with Crippen molar-refractivity contribution in [1.82, 2.24) is 4.98 Å². The Morgan fingerprint density at radius 3 is 2.82 bits per heavy atom. The van der Waals surface area contributed by atoms with Crippen molar-refractivity contribution >= 4 is 22.9 Å². The van der Waals surface area contributed by atoms with Gasteiger partial charge in [-0.3, -0.25) is 4.79 Å². The van der Waals surface area contributed by atoms with E-state index in [-0.39, 0.29) is 28.7 Å². The molecule has 5 heteroatoms.